The van der Waals surface area contributed by atoms with Crippen LogP contribution in [0.1, 0.15) is 13.8 Å². The first-order chi connectivity index (χ1) is 16.2. The maximum atomic E-state index is 12.7. The fraction of sp³-hybridized carbons (Fsp3) is 0.455. The van der Waals surface area contributed by atoms with Crippen molar-refractivity contribution in [3.8, 4) is 5.75 Å². The number of piperazine rings is 1. The van der Waals surface area contributed by atoms with Crippen molar-refractivity contribution in [2.24, 2.45) is 5.92 Å². The Morgan fingerprint density at radius 2 is 1.68 bits per heavy atom. The Balaban J connectivity index is 1.53. The summed E-state index contributed by atoms with van der Waals surface area (Å²) in [5.41, 5.74) is 0. The Hall–Kier alpha value is -3.25. The minimum Gasteiger partial charge on any atom is -0.497 e. The molecule has 3 rings (SSSR count). The summed E-state index contributed by atoms with van der Waals surface area (Å²) in [4.78, 5) is 37.2. The SMILES string of the molecule is COc1ccc(S(=O)(=O)N[C@H](C(=O)OCC(=O)N2CCN(c3ncccn3)CC2)C(C)C)cc1. The molecule has 0 aliphatic carbocycles. The van der Waals surface area contributed by atoms with E-state index in [0.717, 1.165) is 0 Å². The van der Waals surface area contributed by atoms with Crippen molar-refractivity contribution >= 4 is 27.8 Å². The standard InChI is InChI=1S/C22H29N5O6S/c1-16(2)20(25-34(30,31)18-7-5-17(32-3)6-8-18)21(29)33-15-19(28)26-11-13-27(14-12-26)22-23-9-4-10-24-22/h4-10,16,20,25H,11-15H2,1-3H3/t20-/m0/s1. The van der Waals surface area contributed by atoms with E-state index in [9.17, 15) is 18.0 Å². The number of hydrogen-bond donors (Lipinski definition) is 1. The summed E-state index contributed by atoms with van der Waals surface area (Å²) in [5, 5.41) is 0. The van der Waals surface area contributed by atoms with Gasteiger partial charge in [0.15, 0.2) is 6.61 Å². The number of hydrogen-bond acceptors (Lipinski definition) is 9. The number of sulfonamides is 1. The maximum absolute atomic E-state index is 12.7. The van der Waals surface area contributed by atoms with Gasteiger partial charge >= 0.3 is 5.97 Å². The van der Waals surface area contributed by atoms with Gasteiger partial charge in [0, 0.05) is 38.6 Å². The Bertz CT molecular complexity index is 1070. The summed E-state index contributed by atoms with van der Waals surface area (Å²) in [7, 11) is -2.51. The second kappa shape index (κ2) is 11.3. The molecule has 1 amide bonds. The summed E-state index contributed by atoms with van der Waals surface area (Å²) in [6, 6.07) is 6.38. The second-order valence-electron chi connectivity index (χ2n) is 8.04. The van der Waals surface area contributed by atoms with Gasteiger partial charge in [-0.1, -0.05) is 13.8 Å². The molecule has 0 radical (unpaired) electrons. The van der Waals surface area contributed by atoms with Gasteiger partial charge in [0.1, 0.15) is 11.8 Å². The monoisotopic (exact) mass is 491 g/mol. The number of benzene rings is 1. The number of esters is 1. The lowest BCUT2D eigenvalue weighted by molar-refractivity contribution is -0.154. The predicted molar refractivity (Wildman–Crippen MR) is 124 cm³/mol. The number of methoxy groups -OCH3 is 1. The van der Waals surface area contributed by atoms with Crippen LogP contribution in [0.3, 0.4) is 0 Å². The number of rotatable bonds is 9. The van der Waals surface area contributed by atoms with E-state index < -0.39 is 34.6 Å². The highest BCUT2D eigenvalue weighted by molar-refractivity contribution is 7.89. The number of amides is 1. The highest BCUT2D eigenvalue weighted by Crippen LogP contribution is 2.17. The van der Waals surface area contributed by atoms with Crippen LogP contribution < -0.4 is 14.4 Å². The molecule has 12 heteroatoms. The van der Waals surface area contributed by atoms with Crippen molar-refractivity contribution in [2.75, 3.05) is 44.8 Å². The molecular formula is C22H29N5O6S. The van der Waals surface area contributed by atoms with Crippen molar-refractivity contribution in [3.05, 3.63) is 42.7 Å². The van der Waals surface area contributed by atoms with Crippen LogP contribution in [-0.2, 0) is 24.3 Å². The zero-order valence-corrected chi connectivity index (χ0v) is 20.2. The molecule has 1 aliphatic rings. The Morgan fingerprint density at radius 1 is 1.06 bits per heavy atom. The van der Waals surface area contributed by atoms with Crippen LogP contribution in [0, 0.1) is 5.92 Å². The largest absolute Gasteiger partial charge is 0.497 e. The van der Waals surface area contributed by atoms with E-state index in [0.29, 0.717) is 37.9 Å². The molecule has 2 heterocycles. The van der Waals surface area contributed by atoms with Gasteiger partial charge in [-0.15, -0.1) is 0 Å². The molecule has 1 aliphatic heterocycles. The number of carbonyl (C=O) groups excluding carboxylic acids is 2. The van der Waals surface area contributed by atoms with Crippen molar-refractivity contribution in [3.63, 3.8) is 0 Å². The molecule has 1 saturated heterocycles. The molecule has 0 saturated carbocycles. The molecule has 2 aromatic rings. The molecule has 1 aromatic carbocycles. The van der Waals surface area contributed by atoms with E-state index >= 15 is 0 Å². The van der Waals surface area contributed by atoms with Crippen molar-refractivity contribution < 1.29 is 27.5 Å². The molecule has 1 N–H and O–H groups in total. The molecule has 0 bridgehead atoms. The fourth-order valence-electron chi connectivity index (χ4n) is 3.37. The van der Waals surface area contributed by atoms with E-state index in [2.05, 4.69) is 14.7 Å². The Kier molecular flexibility index (Phi) is 8.40. The van der Waals surface area contributed by atoms with Gasteiger partial charge in [0.2, 0.25) is 16.0 Å². The van der Waals surface area contributed by atoms with E-state index in [1.807, 2.05) is 4.90 Å². The van der Waals surface area contributed by atoms with Gasteiger partial charge in [0.25, 0.3) is 5.91 Å². The topological polar surface area (TPSA) is 131 Å². The van der Waals surface area contributed by atoms with Crippen molar-refractivity contribution in [1.29, 1.82) is 0 Å². The van der Waals surface area contributed by atoms with Gasteiger partial charge in [-0.25, -0.2) is 18.4 Å². The smallest absolute Gasteiger partial charge is 0.324 e. The first-order valence-electron chi connectivity index (χ1n) is 10.8. The summed E-state index contributed by atoms with van der Waals surface area (Å²) in [6.45, 7) is 4.90. The van der Waals surface area contributed by atoms with E-state index in [1.54, 1.807) is 37.2 Å². The number of anilines is 1. The number of nitrogens with zero attached hydrogens (tertiary/aromatic N) is 4. The molecule has 184 valence electrons. The summed E-state index contributed by atoms with van der Waals surface area (Å²) >= 11 is 0. The van der Waals surface area contributed by atoms with Crippen LogP contribution in [0.4, 0.5) is 5.95 Å². The zero-order valence-electron chi connectivity index (χ0n) is 19.4. The Labute approximate surface area is 199 Å². The first kappa shape index (κ1) is 25.4. The molecule has 11 nitrogen and oxygen atoms in total. The fourth-order valence-corrected chi connectivity index (χ4v) is 4.70. The van der Waals surface area contributed by atoms with E-state index in [-0.39, 0.29) is 10.8 Å². The summed E-state index contributed by atoms with van der Waals surface area (Å²) in [5.74, 6) is -0.441. The third-order valence-corrected chi connectivity index (χ3v) is 6.83. The summed E-state index contributed by atoms with van der Waals surface area (Å²) in [6.07, 6.45) is 3.32. The third-order valence-electron chi connectivity index (χ3n) is 5.38. The van der Waals surface area contributed by atoms with Crippen molar-refractivity contribution in [2.45, 2.75) is 24.8 Å². The van der Waals surface area contributed by atoms with Crippen LogP contribution in [0.15, 0.2) is 47.6 Å². The van der Waals surface area contributed by atoms with Crippen LogP contribution in [-0.4, -0.2) is 81.1 Å². The lowest BCUT2D eigenvalue weighted by atomic mass is 10.1. The molecular weight excluding hydrogens is 462 g/mol. The second-order valence-corrected chi connectivity index (χ2v) is 9.76. The van der Waals surface area contributed by atoms with Crippen LogP contribution >= 0.6 is 0 Å². The highest BCUT2D eigenvalue weighted by Gasteiger charge is 2.31. The lowest BCUT2D eigenvalue weighted by Crippen LogP contribution is -2.51. The Morgan fingerprint density at radius 3 is 2.24 bits per heavy atom. The molecule has 1 aromatic heterocycles. The lowest BCUT2D eigenvalue weighted by Gasteiger charge is -2.34. The van der Waals surface area contributed by atoms with Gasteiger partial charge in [-0.2, -0.15) is 4.72 Å². The number of nitrogens with one attached hydrogen (secondary N) is 1. The normalized spacial score (nSPS) is 15.2. The minimum atomic E-state index is -3.99. The highest BCUT2D eigenvalue weighted by atomic mass is 32.2. The van der Waals surface area contributed by atoms with E-state index in [4.69, 9.17) is 9.47 Å². The van der Waals surface area contributed by atoms with Crippen molar-refractivity contribution in [1.82, 2.24) is 19.6 Å². The zero-order chi connectivity index (χ0) is 24.7. The third kappa shape index (κ3) is 6.41. The molecule has 1 fully saturated rings. The summed E-state index contributed by atoms with van der Waals surface area (Å²) < 4.78 is 38.1. The molecule has 0 unspecified atom stereocenters. The van der Waals surface area contributed by atoms with Gasteiger partial charge in [-0.3, -0.25) is 9.59 Å². The average Bonchev–Trinajstić information content (AvgIpc) is 2.86. The van der Waals surface area contributed by atoms with Gasteiger partial charge in [0.05, 0.1) is 12.0 Å². The number of ether oxygens (including phenoxy) is 2. The van der Waals surface area contributed by atoms with Gasteiger partial charge in [-0.05, 0) is 36.2 Å². The quantitative estimate of drug-likeness (QED) is 0.503. The van der Waals surface area contributed by atoms with E-state index in [1.165, 1.54) is 31.4 Å². The van der Waals surface area contributed by atoms with Crippen LogP contribution in [0.25, 0.3) is 0 Å². The number of carbonyl (C=O) groups is 2. The predicted octanol–water partition coefficient (Wildman–Crippen LogP) is 0.680. The molecule has 34 heavy (non-hydrogen) atoms. The minimum absolute atomic E-state index is 0.0110. The molecule has 0 spiro atoms. The first-order valence-corrected chi connectivity index (χ1v) is 12.3. The maximum Gasteiger partial charge on any atom is 0.324 e. The van der Waals surface area contributed by atoms with Gasteiger partial charge < -0.3 is 19.3 Å². The van der Waals surface area contributed by atoms with Crippen LogP contribution in [0.2, 0.25) is 0 Å². The van der Waals surface area contributed by atoms with Crippen LogP contribution in [0.5, 0.6) is 5.75 Å². The molecule has 1 atom stereocenters. The number of aromatic nitrogens is 2. The average molecular weight is 492 g/mol.